The second-order valence-electron chi connectivity index (χ2n) is 4.52. The molecule has 0 spiro atoms. The number of hydrogen-bond acceptors (Lipinski definition) is 4. The average Bonchev–Trinajstić information content (AvgIpc) is 2.89. The van der Waals surface area contributed by atoms with Crippen LogP contribution in [0, 0.1) is 10.1 Å². The van der Waals surface area contributed by atoms with E-state index in [0.29, 0.717) is 12.1 Å². The first kappa shape index (κ1) is 15.7. The van der Waals surface area contributed by atoms with E-state index in [2.05, 4.69) is 21.2 Å². The van der Waals surface area contributed by atoms with Gasteiger partial charge in [0.05, 0.1) is 17.4 Å². The molecule has 0 aliphatic rings. The maximum atomic E-state index is 12.1. The molecule has 1 atom stereocenters. The van der Waals surface area contributed by atoms with Crippen LogP contribution in [0.1, 0.15) is 23.3 Å². The summed E-state index contributed by atoms with van der Waals surface area (Å²) in [4.78, 5) is 23.5. The van der Waals surface area contributed by atoms with Gasteiger partial charge in [0, 0.05) is 26.9 Å². The highest BCUT2D eigenvalue weighted by atomic mass is 79.9. The molecule has 1 aromatic heterocycles. The predicted molar refractivity (Wildman–Crippen MR) is 85.4 cm³/mol. The molecule has 1 aromatic carbocycles. The topological polar surface area (TPSA) is 72.2 Å². The third-order valence-corrected chi connectivity index (χ3v) is 4.73. The van der Waals surface area contributed by atoms with Crippen molar-refractivity contribution in [1.82, 2.24) is 5.32 Å². The number of carbonyl (C=O) groups excluding carboxylic acids is 1. The van der Waals surface area contributed by atoms with Crippen molar-refractivity contribution in [1.29, 1.82) is 0 Å². The number of benzene rings is 1. The molecule has 1 heterocycles. The number of non-ortho nitro benzene ring substituents is 1. The number of carbonyl (C=O) groups is 1. The first-order valence-corrected chi connectivity index (χ1v) is 7.89. The fourth-order valence-electron chi connectivity index (χ4n) is 1.83. The third-order valence-electron chi connectivity index (χ3n) is 3.03. The summed E-state index contributed by atoms with van der Waals surface area (Å²) in [6.45, 7) is 2.19. The molecular formula is C14H13BrN2O3S. The lowest BCUT2D eigenvalue weighted by Gasteiger charge is -2.11. The number of nitro groups is 1. The van der Waals surface area contributed by atoms with Crippen LogP contribution in [-0.4, -0.2) is 10.8 Å². The van der Waals surface area contributed by atoms with Crippen molar-refractivity contribution in [2.45, 2.75) is 19.4 Å². The van der Waals surface area contributed by atoms with Gasteiger partial charge in [0.15, 0.2) is 0 Å². The first-order valence-electron chi connectivity index (χ1n) is 6.22. The zero-order chi connectivity index (χ0) is 15.4. The van der Waals surface area contributed by atoms with Gasteiger partial charge in [-0.3, -0.25) is 14.9 Å². The van der Waals surface area contributed by atoms with E-state index in [0.717, 1.165) is 9.35 Å². The van der Waals surface area contributed by atoms with Crippen molar-refractivity contribution >= 4 is 38.9 Å². The smallest absolute Gasteiger partial charge is 0.269 e. The minimum atomic E-state index is -0.461. The summed E-state index contributed by atoms with van der Waals surface area (Å²) in [5.41, 5.74) is 0.628. The second-order valence-corrected chi connectivity index (χ2v) is 6.43. The quantitative estimate of drug-likeness (QED) is 0.643. The van der Waals surface area contributed by atoms with Crippen LogP contribution in [0.15, 0.2) is 40.2 Å². The van der Waals surface area contributed by atoms with E-state index < -0.39 is 10.8 Å². The molecule has 7 heteroatoms. The Morgan fingerprint density at radius 3 is 2.86 bits per heavy atom. The van der Waals surface area contributed by atoms with Crippen LogP contribution in [0.3, 0.4) is 0 Å². The number of thiophene rings is 1. The van der Waals surface area contributed by atoms with Gasteiger partial charge in [-0.1, -0.05) is 12.1 Å². The summed E-state index contributed by atoms with van der Waals surface area (Å²) >= 11 is 4.91. The van der Waals surface area contributed by atoms with Crippen LogP contribution in [0.4, 0.5) is 5.69 Å². The van der Waals surface area contributed by atoms with Crippen molar-refractivity contribution in [2.24, 2.45) is 0 Å². The molecule has 0 radical (unpaired) electrons. The standard InChI is InChI=1S/C14H13BrN2O3S/c1-9(10-3-2-4-12(5-10)17(19)20)14(18)16-7-13-6-11(15)8-21-13/h2-6,8-9H,7H2,1H3,(H,16,18). The molecule has 0 aliphatic carbocycles. The number of amides is 1. The normalized spacial score (nSPS) is 11.9. The maximum absolute atomic E-state index is 12.1. The van der Waals surface area contributed by atoms with E-state index in [-0.39, 0.29) is 11.6 Å². The Hall–Kier alpha value is -1.73. The Bertz CT molecular complexity index is 672. The van der Waals surface area contributed by atoms with Crippen LogP contribution in [0.5, 0.6) is 0 Å². The van der Waals surface area contributed by atoms with E-state index in [1.54, 1.807) is 30.4 Å². The molecule has 21 heavy (non-hydrogen) atoms. The highest BCUT2D eigenvalue weighted by Gasteiger charge is 2.17. The number of halogens is 1. The summed E-state index contributed by atoms with van der Waals surface area (Å²) in [6.07, 6.45) is 0. The van der Waals surface area contributed by atoms with Crippen molar-refractivity contribution < 1.29 is 9.72 Å². The highest BCUT2D eigenvalue weighted by Crippen LogP contribution is 2.22. The minimum absolute atomic E-state index is 0.00524. The van der Waals surface area contributed by atoms with E-state index in [1.165, 1.54) is 12.1 Å². The van der Waals surface area contributed by atoms with Gasteiger partial charge in [0.1, 0.15) is 0 Å². The third kappa shape index (κ3) is 4.12. The van der Waals surface area contributed by atoms with E-state index in [4.69, 9.17) is 0 Å². The fraction of sp³-hybridized carbons (Fsp3) is 0.214. The van der Waals surface area contributed by atoms with Gasteiger partial charge in [-0.05, 0) is 34.5 Å². The Balaban J connectivity index is 2.01. The van der Waals surface area contributed by atoms with Crippen LogP contribution >= 0.6 is 27.3 Å². The van der Waals surface area contributed by atoms with Crippen LogP contribution < -0.4 is 5.32 Å². The summed E-state index contributed by atoms with van der Waals surface area (Å²) in [7, 11) is 0. The van der Waals surface area contributed by atoms with E-state index in [1.807, 2.05) is 11.4 Å². The zero-order valence-electron chi connectivity index (χ0n) is 11.2. The number of nitro benzene ring substituents is 1. The molecule has 5 nitrogen and oxygen atoms in total. The number of rotatable bonds is 5. The average molecular weight is 369 g/mol. The van der Waals surface area contributed by atoms with Gasteiger partial charge >= 0.3 is 0 Å². The minimum Gasteiger partial charge on any atom is -0.351 e. The predicted octanol–water partition coefficient (Wildman–Crippen LogP) is 3.84. The Morgan fingerprint density at radius 2 is 2.24 bits per heavy atom. The molecule has 0 saturated heterocycles. The molecule has 110 valence electrons. The van der Waals surface area contributed by atoms with Crippen molar-refractivity contribution in [3.63, 3.8) is 0 Å². The van der Waals surface area contributed by atoms with Crippen molar-refractivity contribution in [3.8, 4) is 0 Å². The highest BCUT2D eigenvalue weighted by molar-refractivity contribution is 9.10. The van der Waals surface area contributed by atoms with Crippen molar-refractivity contribution in [2.75, 3.05) is 0 Å². The van der Waals surface area contributed by atoms with Gasteiger partial charge in [-0.25, -0.2) is 0 Å². The van der Waals surface area contributed by atoms with E-state index in [9.17, 15) is 14.9 Å². The number of nitrogens with one attached hydrogen (secondary N) is 1. The molecule has 0 aliphatic heterocycles. The van der Waals surface area contributed by atoms with Crippen molar-refractivity contribution in [3.05, 3.63) is 60.7 Å². The van der Waals surface area contributed by atoms with Gasteiger partial charge in [0.2, 0.25) is 5.91 Å². The lowest BCUT2D eigenvalue weighted by Crippen LogP contribution is -2.27. The molecule has 1 unspecified atom stereocenters. The molecule has 1 amide bonds. The lowest BCUT2D eigenvalue weighted by molar-refractivity contribution is -0.384. The van der Waals surface area contributed by atoms with Gasteiger partial charge in [-0.15, -0.1) is 11.3 Å². The molecular weight excluding hydrogens is 356 g/mol. The zero-order valence-corrected chi connectivity index (χ0v) is 13.6. The summed E-state index contributed by atoms with van der Waals surface area (Å²) in [5, 5.41) is 15.6. The fourth-order valence-corrected chi connectivity index (χ4v) is 3.22. The van der Waals surface area contributed by atoms with Gasteiger partial charge in [-0.2, -0.15) is 0 Å². The van der Waals surface area contributed by atoms with E-state index >= 15 is 0 Å². The largest absolute Gasteiger partial charge is 0.351 e. The first-order chi connectivity index (χ1) is 9.97. The molecule has 0 fully saturated rings. The monoisotopic (exact) mass is 368 g/mol. The number of nitrogens with zero attached hydrogens (tertiary/aromatic N) is 1. The molecule has 2 rings (SSSR count). The Kier molecular flexibility index (Phi) is 5.08. The Morgan fingerprint density at radius 1 is 1.48 bits per heavy atom. The molecule has 0 bridgehead atoms. The summed E-state index contributed by atoms with van der Waals surface area (Å²) in [6, 6.07) is 8.11. The van der Waals surface area contributed by atoms with Crippen LogP contribution in [0.25, 0.3) is 0 Å². The van der Waals surface area contributed by atoms with Gasteiger partial charge in [0.25, 0.3) is 5.69 Å². The Labute approximate surface area is 134 Å². The van der Waals surface area contributed by atoms with Crippen LogP contribution in [0.2, 0.25) is 0 Å². The number of hydrogen-bond donors (Lipinski definition) is 1. The molecule has 1 N–H and O–H groups in total. The maximum Gasteiger partial charge on any atom is 0.269 e. The lowest BCUT2D eigenvalue weighted by atomic mass is 10.00. The summed E-state index contributed by atoms with van der Waals surface area (Å²) in [5.74, 6) is -0.590. The van der Waals surface area contributed by atoms with Gasteiger partial charge < -0.3 is 5.32 Å². The molecule has 0 saturated carbocycles. The second kappa shape index (κ2) is 6.82. The van der Waals surface area contributed by atoms with Crippen LogP contribution in [-0.2, 0) is 11.3 Å². The SMILES string of the molecule is CC(C(=O)NCc1cc(Br)cs1)c1cccc([N+](=O)[O-])c1. The molecule has 2 aromatic rings. The summed E-state index contributed by atoms with van der Waals surface area (Å²) < 4.78 is 0.989.